The number of carboxylic acids is 1. The van der Waals surface area contributed by atoms with Crippen LogP contribution in [0.15, 0.2) is 6.07 Å². The standard InChI is InChI=1S/C9H6F5NO4/c10-7(11)6-4(16)1-3(2-5(17)18)8(15-6)19-9(12,13)14/h1,7,16H,2H2,(H,17,18). The molecule has 2 N–H and O–H groups in total. The minimum absolute atomic E-state index is 0.448. The topological polar surface area (TPSA) is 79.7 Å². The van der Waals surface area contributed by atoms with E-state index in [0.717, 1.165) is 0 Å². The van der Waals surface area contributed by atoms with Crippen molar-refractivity contribution in [2.24, 2.45) is 0 Å². The Balaban J connectivity index is 3.28. The lowest BCUT2D eigenvalue weighted by molar-refractivity contribution is -0.276. The lowest BCUT2D eigenvalue weighted by Gasteiger charge is -2.13. The van der Waals surface area contributed by atoms with Gasteiger partial charge in [0.25, 0.3) is 6.43 Å². The fourth-order valence-corrected chi connectivity index (χ4v) is 1.19. The predicted octanol–water partition coefficient (Wildman–Crippen LogP) is 2.25. The Morgan fingerprint density at radius 1 is 1.42 bits per heavy atom. The van der Waals surface area contributed by atoms with E-state index in [2.05, 4.69) is 9.72 Å². The summed E-state index contributed by atoms with van der Waals surface area (Å²) >= 11 is 0. The van der Waals surface area contributed by atoms with Crippen LogP contribution in [0.2, 0.25) is 0 Å². The van der Waals surface area contributed by atoms with Gasteiger partial charge in [-0.2, -0.15) is 0 Å². The molecular weight excluding hydrogens is 281 g/mol. The maximum Gasteiger partial charge on any atom is 0.574 e. The number of alkyl halides is 5. The highest BCUT2D eigenvalue weighted by Gasteiger charge is 2.34. The summed E-state index contributed by atoms with van der Waals surface area (Å²) < 4.78 is 64.2. The fraction of sp³-hybridized carbons (Fsp3) is 0.333. The lowest BCUT2D eigenvalue weighted by atomic mass is 10.1. The highest BCUT2D eigenvalue weighted by Crippen LogP contribution is 2.33. The van der Waals surface area contributed by atoms with Crippen LogP contribution in [0, 0.1) is 0 Å². The molecule has 0 saturated carbocycles. The van der Waals surface area contributed by atoms with E-state index in [-0.39, 0.29) is 0 Å². The summed E-state index contributed by atoms with van der Waals surface area (Å²) in [5.41, 5.74) is -2.00. The minimum Gasteiger partial charge on any atom is -0.506 e. The van der Waals surface area contributed by atoms with Crippen molar-refractivity contribution >= 4 is 5.97 Å². The maximum atomic E-state index is 12.4. The number of aromatic nitrogens is 1. The van der Waals surface area contributed by atoms with E-state index in [1.807, 2.05) is 0 Å². The molecule has 1 aromatic rings. The van der Waals surface area contributed by atoms with Crippen LogP contribution in [0.5, 0.6) is 11.6 Å². The summed E-state index contributed by atoms with van der Waals surface area (Å²) in [5.74, 6) is -3.98. The van der Waals surface area contributed by atoms with E-state index in [4.69, 9.17) is 10.2 Å². The Labute approximate surface area is 102 Å². The van der Waals surface area contributed by atoms with Gasteiger partial charge in [-0.1, -0.05) is 0 Å². The van der Waals surface area contributed by atoms with Gasteiger partial charge in [-0.25, -0.2) is 13.8 Å². The van der Waals surface area contributed by atoms with Gasteiger partial charge < -0.3 is 14.9 Å². The number of hydrogen-bond acceptors (Lipinski definition) is 4. The Morgan fingerprint density at radius 3 is 2.42 bits per heavy atom. The normalized spacial score (nSPS) is 11.7. The molecule has 0 saturated heterocycles. The molecule has 0 radical (unpaired) electrons. The van der Waals surface area contributed by atoms with Crippen LogP contribution < -0.4 is 4.74 Å². The van der Waals surface area contributed by atoms with E-state index >= 15 is 0 Å². The van der Waals surface area contributed by atoms with Crippen molar-refractivity contribution in [3.05, 3.63) is 17.3 Å². The van der Waals surface area contributed by atoms with Crippen molar-refractivity contribution in [3.63, 3.8) is 0 Å². The van der Waals surface area contributed by atoms with Crippen molar-refractivity contribution in [2.75, 3.05) is 0 Å². The lowest BCUT2D eigenvalue weighted by Crippen LogP contribution is -2.20. The van der Waals surface area contributed by atoms with Gasteiger partial charge in [0, 0.05) is 5.56 Å². The number of carboxylic acid groups (broad SMARTS) is 1. The number of nitrogens with zero attached hydrogens (tertiary/aromatic N) is 1. The van der Waals surface area contributed by atoms with Crippen molar-refractivity contribution in [2.45, 2.75) is 19.2 Å². The van der Waals surface area contributed by atoms with Crippen LogP contribution in [0.4, 0.5) is 22.0 Å². The second-order valence-electron chi connectivity index (χ2n) is 3.28. The molecule has 0 atom stereocenters. The van der Waals surface area contributed by atoms with E-state index in [9.17, 15) is 26.7 Å². The molecule has 0 bridgehead atoms. The zero-order valence-electron chi connectivity index (χ0n) is 8.91. The Kier molecular flexibility index (Phi) is 4.12. The van der Waals surface area contributed by atoms with Gasteiger partial charge in [-0.05, 0) is 6.07 Å². The van der Waals surface area contributed by atoms with Gasteiger partial charge in [-0.15, -0.1) is 13.2 Å². The number of aromatic hydroxyl groups is 1. The highest BCUT2D eigenvalue weighted by molar-refractivity contribution is 5.71. The first-order valence-corrected chi connectivity index (χ1v) is 4.58. The van der Waals surface area contributed by atoms with Crippen LogP contribution in [0.3, 0.4) is 0 Å². The molecule has 19 heavy (non-hydrogen) atoms. The number of halogens is 5. The van der Waals surface area contributed by atoms with Gasteiger partial charge >= 0.3 is 12.3 Å². The molecule has 10 heteroatoms. The average molecular weight is 287 g/mol. The van der Waals surface area contributed by atoms with Gasteiger partial charge in [0.05, 0.1) is 6.42 Å². The Bertz CT molecular complexity index is 488. The monoisotopic (exact) mass is 287 g/mol. The summed E-state index contributed by atoms with van der Waals surface area (Å²) in [6.45, 7) is 0. The fourth-order valence-electron chi connectivity index (χ4n) is 1.19. The van der Waals surface area contributed by atoms with Crippen LogP contribution >= 0.6 is 0 Å². The summed E-state index contributed by atoms with van der Waals surface area (Å²) in [7, 11) is 0. The van der Waals surface area contributed by atoms with Crippen molar-refractivity contribution in [3.8, 4) is 11.6 Å². The number of rotatable bonds is 4. The van der Waals surface area contributed by atoms with Gasteiger partial charge in [0.1, 0.15) is 5.75 Å². The molecule has 0 unspecified atom stereocenters. The quantitative estimate of drug-likeness (QED) is 0.830. The Hall–Kier alpha value is -2.13. The number of pyridine rings is 1. The van der Waals surface area contributed by atoms with Crippen LogP contribution in [-0.2, 0) is 11.2 Å². The summed E-state index contributed by atoms with van der Waals surface area (Å²) in [4.78, 5) is 13.2. The molecule has 5 nitrogen and oxygen atoms in total. The van der Waals surface area contributed by atoms with Crippen molar-refractivity contribution in [1.29, 1.82) is 0 Å². The molecule has 0 amide bonds. The SMILES string of the molecule is O=C(O)Cc1cc(O)c(C(F)F)nc1OC(F)(F)F. The first-order valence-electron chi connectivity index (χ1n) is 4.58. The third-order valence-electron chi connectivity index (χ3n) is 1.83. The first-order chi connectivity index (χ1) is 8.60. The van der Waals surface area contributed by atoms with Gasteiger partial charge in [0.2, 0.25) is 5.88 Å². The molecule has 0 aliphatic carbocycles. The second-order valence-corrected chi connectivity index (χ2v) is 3.28. The molecule has 106 valence electrons. The van der Waals surface area contributed by atoms with Gasteiger partial charge in [0.15, 0.2) is 5.69 Å². The second kappa shape index (κ2) is 5.24. The van der Waals surface area contributed by atoms with Crippen LogP contribution in [-0.4, -0.2) is 27.5 Å². The largest absolute Gasteiger partial charge is 0.574 e. The van der Waals surface area contributed by atoms with E-state index in [1.165, 1.54) is 0 Å². The van der Waals surface area contributed by atoms with E-state index in [1.54, 1.807) is 0 Å². The zero-order valence-corrected chi connectivity index (χ0v) is 8.91. The summed E-state index contributed by atoms with van der Waals surface area (Å²) in [6.07, 6.45) is -9.54. The number of hydrogen-bond donors (Lipinski definition) is 2. The van der Waals surface area contributed by atoms with Crippen molar-refractivity contribution in [1.82, 2.24) is 4.98 Å². The van der Waals surface area contributed by atoms with Crippen LogP contribution in [0.25, 0.3) is 0 Å². The first kappa shape index (κ1) is 14.9. The van der Waals surface area contributed by atoms with E-state index < -0.39 is 48.1 Å². The Morgan fingerprint density at radius 2 is 2.00 bits per heavy atom. The number of aliphatic carboxylic acids is 1. The molecule has 0 aliphatic rings. The number of carbonyl (C=O) groups is 1. The molecule has 1 heterocycles. The zero-order chi connectivity index (χ0) is 14.8. The molecule has 1 rings (SSSR count). The predicted molar refractivity (Wildman–Crippen MR) is 48.9 cm³/mol. The average Bonchev–Trinajstić information content (AvgIpc) is 2.18. The third kappa shape index (κ3) is 4.23. The summed E-state index contributed by atoms with van der Waals surface area (Å²) in [6, 6.07) is 0.448. The minimum atomic E-state index is -5.23. The summed E-state index contributed by atoms with van der Waals surface area (Å²) in [5, 5.41) is 17.6. The maximum absolute atomic E-state index is 12.4. The third-order valence-corrected chi connectivity index (χ3v) is 1.83. The molecule has 0 spiro atoms. The smallest absolute Gasteiger partial charge is 0.506 e. The van der Waals surface area contributed by atoms with E-state index in [0.29, 0.717) is 6.07 Å². The number of ether oxygens (including phenoxy) is 1. The molecule has 0 aliphatic heterocycles. The van der Waals surface area contributed by atoms with Crippen LogP contribution in [0.1, 0.15) is 17.7 Å². The van der Waals surface area contributed by atoms with Gasteiger partial charge in [-0.3, -0.25) is 4.79 Å². The molecule has 0 aromatic carbocycles. The molecule has 1 aromatic heterocycles. The molecular formula is C9H6F5NO4. The molecule has 0 fully saturated rings. The van der Waals surface area contributed by atoms with Crippen molar-refractivity contribution < 1.29 is 41.7 Å². The highest BCUT2D eigenvalue weighted by atomic mass is 19.4.